The van der Waals surface area contributed by atoms with Crippen molar-refractivity contribution in [2.24, 2.45) is 5.92 Å². The molecule has 5 heteroatoms. The minimum Gasteiger partial charge on any atom is -0.352 e. The van der Waals surface area contributed by atoms with Crippen molar-refractivity contribution >= 4 is 33.4 Å². The molecule has 0 atom stereocenters. The maximum absolute atomic E-state index is 12.0. The van der Waals surface area contributed by atoms with Crippen LogP contribution in [0.2, 0.25) is 5.02 Å². The molecule has 1 saturated heterocycles. The summed E-state index contributed by atoms with van der Waals surface area (Å²) in [5.74, 6) is 0.823. The Bertz CT molecular complexity index is 487. The molecule has 0 unspecified atom stereocenters. The Balaban J connectivity index is 1.68. The predicted molar refractivity (Wildman–Crippen MR) is 90.9 cm³/mol. The zero-order valence-corrected chi connectivity index (χ0v) is 14.7. The van der Waals surface area contributed by atoms with E-state index in [9.17, 15) is 4.79 Å². The Kier molecular flexibility index (Phi) is 6.52. The second-order valence-electron chi connectivity index (χ2n) is 5.76. The van der Waals surface area contributed by atoms with E-state index in [4.69, 9.17) is 11.6 Å². The Hall–Kier alpha value is -0.580. The van der Waals surface area contributed by atoms with Gasteiger partial charge in [0.25, 0.3) is 5.91 Å². The first-order valence-corrected chi connectivity index (χ1v) is 8.69. The molecule has 1 fully saturated rings. The van der Waals surface area contributed by atoms with Gasteiger partial charge in [-0.2, -0.15) is 0 Å². The highest BCUT2D eigenvalue weighted by molar-refractivity contribution is 9.10. The number of piperidine rings is 1. The number of benzene rings is 1. The highest BCUT2D eigenvalue weighted by atomic mass is 79.9. The highest BCUT2D eigenvalue weighted by Crippen LogP contribution is 2.23. The summed E-state index contributed by atoms with van der Waals surface area (Å²) in [6.07, 6.45) is 3.59. The van der Waals surface area contributed by atoms with Gasteiger partial charge in [0.1, 0.15) is 0 Å². The van der Waals surface area contributed by atoms with Crippen LogP contribution >= 0.6 is 27.5 Å². The molecular formula is C16H22BrClN2O. The number of likely N-dealkylation sites (tertiary alicyclic amines) is 1. The van der Waals surface area contributed by atoms with Crippen LogP contribution in [0.1, 0.15) is 36.5 Å². The normalized spacial score (nSPS) is 16.9. The Morgan fingerprint density at radius 1 is 1.43 bits per heavy atom. The second-order valence-corrected chi connectivity index (χ2v) is 7.02. The van der Waals surface area contributed by atoms with Gasteiger partial charge in [0.15, 0.2) is 0 Å². The van der Waals surface area contributed by atoms with Gasteiger partial charge in [0.2, 0.25) is 0 Å². The summed E-state index contributed by atoms with van der Waals surface area (Å²) in [5.41, 5.74) is 0.637. The van der Waals surface area contributed by atoms with Crippen LogP contribution in [0.4, 0.5) is 0 Å². The van der Waals surface area contributed by atoms with Crippen LogP contribution in [-0.4, -0.2) is 37.0 Å². The molecular weight excluding hydrogens is 352 g/mol. The third-order valence-corrected chi connectivity index (χ3v) is 5.21. The predicted octanol–water partition coefficient (Wildman–Crippen LogP) is 3.95. The van der Waals surface area contributed by atoms with Gasteiger partial charge >= 0.3 is 0 Å². The molecule has 0 saturated carbocycles. The quantitative estimate of drug-likeness (QED) is 0.793. The number of amides is 1. The fraction of sp³-hybridized carbons (Fsp3) is 0.562. The fourth-order valence-corrected chi connectivity index (χ4v) is 3.03. The molecule has 1 aromatic carbocycles. The average molecular weight is 374 g/mol. The highest BCUT2D eigenvalue weighted by Gasteiger charge is 2.15. The van der Waals surface area contributed by atoms with E-state index < -0.39 is 0 Å². The van der Waals surface area contributed by atoms with Crippen LogP contribution in [0.15, 0.2) is 22.7 Å². The van der Waals surface area contributed by atoms with E-state index in [0.717, 1.165) is 23.4 Å². The Labute approximate surface area is 140 Å². The number of carbonyl (C=O) groups is 1. The van der Waals surface area contributed by atoms with Crippen LogP contribution in [0.5, 0.6) is 0 Å². The largest absolute Gasteiger partial charge is 0.352 e. The van der Waals surface area contributed by atoms with E-state index in [1.807, 2.05) is 0 Å². The standard InChI is InChI=1S/C16H22BrClN2O/c1-12-5-9-20(10-6-12)8-2-7-19-16(21)13-3-4-15(18)14(17)11-13/h3-4,11-12H,2,5-10H2,1H3,(H,19,21). The molecule has 3 nitrogen and oxygen atoms in total. The Morgan fingerprint density at radius 2 is 2.14 bits per heavy atom. The van der Waals surface area contributed by atoms with Gasteiger partial charge in [-0.15, -0.1) is 0 Å². The lowest BCUT2D eigenvalue weighted by molar-refractivity contribution is 0.0950. The van der Waals surface area contributed by atoms with Gasteiger partial charge in [-0.3, -0.25) is 4.79 Å². The second kappa shape index (κ2) is 8.16. The van der Waals surface area contributed by atoms with Crippen molar-refractivity contribution in [2.75, 3.05) is 26.2 Å². The van der Waals surface area contributed by atoms with Gasteiger partial charge in [-0.1, -0.05) is 18.5 Å². The maximum Gasteiger partial charge on any atom is 0.251 e. The molecule has 116 valence electrons. The van der Waals surface area contributed by atoms with Crippen molar-refractivity contribution in [2.45, 2.75) is 26.2 Å². The Morgan fingerprint density at radius 3 is 2.81 bits per heavy atom. The average Bonchev–Trinajstić information content (AvgIpc) is 2.48. The number of nitrogens with one attached hydrogen (secondary N) is 1. The third kappa shape index (κ3) is 5.28. The first-order chi connectivity index (χ1) is 10.1. The number of nitrogens with zero attached hydrogens (tertiary/aromatic N) is 1. The maximum atomic E-state index is 12.0. The smallest absolute Gasteiger partial charge is 0.251 e. The molecule has 1 aliphatic heterocycles. The summed E-state index contributed by atoms with van der Waals surface area (Å²) in [4.78, 5) is 14.5. The zero-order valence-electron chi connectivity index (χ0n) is 12.4. The lowest BCUT2D eigenvalue weighted by atomic mass is 9.99. The fourth-order valence-electron chi connectivity index (χ4n) is 2.53. The van der Waals surface area contributed by atoms with E-state index in [2.05, 4.69) is 33.1 Å². The summed E-state index contributed by atoms with van der Waals surface area (Å²) in [6, 6.07) is 5.23. The van der Waals surface area contributed by atoms with E-state index >= 15 is 0 Å². The third-order valence-electron chi connectivity index (χ3n) is 3.99. The van der Waals surface area contributed by atoms with Crippen LogP contribution < -0.4 is 5.32 Å². The lowest BCUT2D eigenvalue weighted by Gasteiger charge is -2.30. The number of rotatable bonds is 5. The summed E-state index contributed by atoms with van der Waals surface area (Å²) in [5, 5.41) is 3.58. The van der Waals surface area contributed by atoms with E-state index in [0.29, 0.717) is 17.1 Å². The van der Waals surface area contributed by atoms with Crippen LogP contribution in [0, 0.1) is 5.92 Å². The minimum absolute atomic E-state index is 0.0420. The van der Waals surface area contributed by atoms with Crippen molar-refractivity contribution in [3.63, 3.8) is 0 Å². The summed E-state index contributed by atoms with van der Waals surface area (Å²) >= 11 is 9.26. The molecule has 1 N–H and O–H groups in total. The summed E-state index contributed by atoms with van der Waals surface area (Å²) < 4.78 is 0.749. The monoisotopic (exact) mass is 372 g/mol. The number of carbonyl (C=O) groups excluding carboxylic acids is 1. The van der Waals surface area contributed by atoms with Gasteiger partial charge in [0, 0.05) is 16.6 Å². The van der Waals surface area contributed by atoms with E-state index in [-0.39, 0.29) is 5.91 Å². The molecule has 0 aromatic heterocycles. The molecule has 2 rings (SSSR count). The van der Waals surface area contributed by atoms with Gasteiger partial charge in [-0.25, -0.2) is 0 Å². The van der Waals surface area contributed by atoms with E-state index in [1.165, 1.54) is 25.9 Å². The van der Waals surface area contributed by atoms with E-state index in [1.54, 1.807) is 18.2 Å². The van der Waals surface area contributed by atoms with Crippen LogP contribution in [-0.2, 0) is 0 Å². The SMILES string of the molecule is CC1CCN(CCCNC(=O)c2ccc(Cl)c(Br)c2)CC1. The lowest BCUT2D eigenvalue weighted by Crippen LogP contribution is -2.35. The van der Waals surface area contributed by atoms with Gasteiger partial charge in [-0.05, 0) is 78.9 Å². The van der Waals surface area contributed by atoms with Crippen molar-refractivity contribution in [1.29, 1.82) is 0 Å². The zero-order chi connectivity index (χ0) is 15.2. The molecule has 0 aliphatic carbocycles. The van der Waals surface area contributed by atoms with Crippen molar-refractivity contribution in [3.8, 4) is 0 Å². The van der Waals surface area contributed by atoms with Gasteiger partial charge in [0.05, 0.1) is 5.02 Å². The van der Waals surface area contributed by atoms with Crippen LogP contribution in [0.3, 0.4) is 0 Å². The number of hydrogen-bond acceptors (Lipinski definition) is 2. The topological polar surface area (TPSA) is 32.3 Å². The molecule has 21 heavy (non-hydrogen) atoms. The molecule has 0 spiro atoms. The number of halogens is 2. The molecule has 1 aliphatic rings. The van der Waals surface area contributed by atoms with Gasteiger partial charge < -0.3 is 10.2 Å². The summed E-state index contributed by atoms with van der Waals surface area (Å²) in [7, 11) is 0. The van der Waals surface area contributed by atoms with Crippen molar-refractivity contribution in [1.82, 2.24) is 10.2 Å². The molecule has 1 amide bonds. The molecule has 1 heterocycles. The first kappa shape index (κ1) is 16.8. The molecule has 0 bridgehead atoms. The summed E-state index contributed by atoms with van der Waals surface area (Å²) in [6.45, 7) is 6.49. The van der Waals surface area contributed by atoms with Crippen LogP contribution in [0.25, 0.3) is 0 Å². The molecule has 1 aromatic rings. The van der Waals surface area contributed by atoms with Crippen molar-refractivity contribution in [3.05, 3.63) is 33.3 Å². The first-order valence-electron chi connectivity index (χ1n) is 7.52. The molecule has 0 radical (unpaired) electrons. The minimum atomic E-state index is -0.0420. The van der Waals surface area contributed by atoms with Crippen molar-refractivity contribution < 1.29 is 4.79 Å². The number of hydrogen-bond donors (Lipinski definition) is 1.